The van der Waals surface area contributed by atoms with Crippen molar-refractivity contribution in [3.8, 4) is 0 Å². The highest BCUT2D eigenvalue weighted by Gasteiger charge is 2.02. The SMILES string of the molecule is C=CCCCC(C)NCc1cnn(CC)c1. The maximum absolute atomic E-state index is 4.25. The molecule has 0 bridgehead atoms. The molecule has 1 heterocycles. The molecule has 0 saturated carbocycles. The van der Waals surface area contributed by atoms with Crippen LogP contribution in [-0.4, -0.2) is 15.8 Å². The third kappa shape index (κ3) is 4.62. The van der Waals surface area contributed by atoms with Gasteiger partial charge in [0, 0.05) is 30.9 Å². The van der Waals surface area contributed by atoms with E-state index in [1.807, 2.05) is 17.0 Å². The van der Waals surface area contributed by atoms with E-state index in [0.29, 0.717) is 6.04 Å². The summed E-state index contributed by atoms with van der Waals surface area (Å²) in [6.45, 7) is 9.91. The molecular weight excluding hydrogens is 198 g/mol. The fourth-order valence-corrected chi connectivity index (χ4v) is 1.63. The van der Waals surface area contributed by atoms with E-state index >= 15 is 0 Å². The molecule has 1 aromatic rings. The van der Waals surface area contributed by atoms with Crippen molar-refractivity contribution in [2.45, 2.75) is 52.2 Å². The molecule has 0 spiro atoms. The molecule has 90 valence electrons. The largest absolute Gasteiger partial charge is 0.310 e. The molecule has 1 unspecified atom stereocenters. The minimum Gasteiger partial charge on any atom is -0.310 e. The second-order valence-electron chi connectivity index (χ2n) is 4.21. The monoisotopic (exact) mass is 221 g/mol. The number of aromatic nitrogens is 2. The van der Waals surface area contributed by atoms with Crippen LogP contribution >= 0.6 is 0 Å². The number of allylic oxidation sites excluding steroid dienone is 1. The maximum atomic E-state index is 4.25. The molecule has 16 heavy (non-hydrogen) atoms. The van der Waals surface area contributed by atoms with Crippen molar-refractivity contribution >= 4 is 0 Å². The van der Waals surface area contributed by atoms with Crippen molar-refractivity contribution in [2.75, 3.05) is 0 Å². The molecule has 1 atom stereocenters. The topological polar surface area (TPSA) is 29.9 Å². The number of aryl methyl sites for hydroxylation is 1. The quantitative estimate of drug-likeness (QED) is 0.540. The van der Waals surface area contributed by atoms with Crippen molar-refractivity contribution in [3.05, 3.63) is 30.6 Å². The number of nitrogens with zero attached hydrogens (tertiary/aromatic N) is 2. The number of hydrogen-bond donors (Lipinski definition) is 1. The van der Waals surface area contributed by atoms with Crippen LogP contribution in [0.5, 0.6) is 0 Å². The summed E-state index contributed by atoms with van der Waals surface area (Å²) in [4.78, 5) is 0. The minimum atomic E-state index is 0.560. The van der Waals surface area contributed by atoms with Crippen LogP contribution in [0.4, 0.5) is 0 Å². The summed E-state index contributed by atoms with van der Waals surface area (Å²) in [5.74, 6) is 0. The van der Waals surface area contributed by atoms with Crippen molar-refractivity contribution in [3.63, 3.8) is 0 Å². The standard InChI is InChI=1S/C13H23N3/c1-4-6-7-8-12(3)14-9-13-10-15-16(5-2)11-13/h4,10-12,14H,1,5-9H2,2-3H3. The normalized spacial score (nSPS) is 12.6. The number of nitrogens with one attached hydrogen (secondary N) is 1. The molecular formula is C13H23N3. The predicted molar refractivity (Wildman–Crippen MR) is 68.3 cm³/mol. The summed E-state index contributed by atoms with van der Waals surface area (Å²) in [6.07, 6.45) is 9.55. The highest BCUT2D eigenvalue weighted by atomic mass is 15.3. The summed E-state index contributed by atoms with van der Waals surface area (Å²) in [5, 5.41) is 7.76. The van der Waals surface area contributed by atoms with Gasteiger partial charge in [-0.2, -0.15) is 5.10 Å². The van der Waals surface area contributed by atoms with Crippen molar-refractivity contribution in [2.24, 2.45) is 0 Å². The van der Waals surface area contributed by atoms with Gasteiger partial charge in [-0.15, -0.1) is 6.58 Å². The van der Waals surface area contributed by atoms with Crippen LogP contribution in [0.25, 0.3) is 0 Å². The Morgan fingerprint density at radius 2 is 2.44 bits per heavy atom. The molecule has 1 N–H and O–H groups in total. The molecule has 0 aliphatic carbocycles. The molecule has 0 radical (unpaired) electrons. The zero-order valence-electron chi connectivity index (χ0n) is 10.4. The highest BCUT2D eigenvalue weighted by Crippen LogP contribution is 2.03. The molecule has 1 rings (SSSR count). The Morgan fingerprint density at radius 3 is 3.06 bits per heavy atom. The minimum absolute atomic E-state index is 0.560. The predicted octanol–water partition coefficient (Wildman–Crippen LogP) is 2.74. The molecule has 0 aliphatic heterocycles. The van der Waals surface area contributed by atoms with Crippen LogP contribution in [0.1, 0.15) is 38.7 Å². The fourth-order valence-electron chi connectivity index (χ4n) is 1.63. The van der Waals surface area contributed by atoms with Gasteiger partial charge in [-0.25, -0.2) is 0 Å². The lowest BCUT2D eigenvalue weighted by Crippen LogP contribution is -2.25. The summed E-state index contributed by atoms with van der Waals surface area (Å²) >= 11 is 0. The second kappa shape index (κ2) is 7.23. The smallest absolute Gasteiger partial charge is 0.0534 e. The lowest BCUT2D eigenvalue weighted by Gasteiger charge is -2.12. The number of unbranched alkanes of at least 4 members (excludes halogenated alkanes) is 1. The summed E-state index contributed by atoms with van der Waals surface area (Å²) < 4.78 is 1.96. The van der Waals surface area contributed by atoms with E-state index in [4.69, 9.17) is 0 Å². The first-order chi connectivity index (χ1) is 7.76. The van der Waals surface area contributed by atoms with Gasteiger partial charge in [-0.05, 0) is 33.1 Å². The molecule has 0 fully saturated rings. The lowest BCUT2D eigenvalue weighted by atomic mass is 10.1. The van der Waals surface area contributed by atoms with Gasteiger partial charge in [0.2, 0.25) is 0 Å². The third-order valence-corrected chi connectivity index (χ3v) is 2.71. The Labute approximate surface area is 98.5 Å². The van der Waals surface area contributed by atoms with E-state index in [9.17, 15) is 0 Å². The van der Waals surface area contributed by atoms with E-state index in [1.54, 1.807) is 0 Å². The zero-order chi connectivity index (χ0) is 11.8. The fraction of sp³-hybridized carbons (Fsp3) is 0.615. The maximum Gasteiger partial charge on any atom is 0.0534 e. The molecule has 3 nitrogen and oxygen atoms in total. The molecule has 0 aromatic carbocycles. The Kier molecular flexibility index (Phi) is 5.86. The van der Waals surface area contributed by atoms with Gasteiger partial charge in [0.15, 0.2) is 0 Å². The number of rotatable bonds is 8. The van der Waals surface area contributed by atoms with E-state index < -0.39 is 0 Å². The molecule has 3 heteroatoms. The van der Waals surface area contributed by atoms with Gasteiger partial charge in [-0.1, -0.05) is 6.08 Å². The molecule has 0 aliphatic rings. The van der Waals surface area contributed by atoms with Gasteiger partial charge in [0.1, 0.15) is 0 Å². The average Bonchev–Trinajstić information content (AvgIpc) is 2.74. The summed E-state index contributed by atoms with van der Waals surface area (Å²) in [7, 11) is 0. The molecule has 1 aromatic heterocycles. The summed E-state index contributed by atoms with van der Waals surface area (Å²) in [5.41, 5.74) is 1.26. The molecule has 0 amide bonds. The van der Waals surface area contributed by atoms with Crippen LogP contribution < -0.4 is 5.32 Å². The van der Waals surface area contributed by atoms with Gasteiger partial charge in [-0.3, -0.25) is 4.68 Å². The number of hydrogen-bond acceptors (Lipinski definition) is 2. The van der Waals surface area contributed by atoms with Crippen LogP contribution in [0.2, 0.25) is 0 Å². The second-order valence-corrected chi connectivity index (χ2v) is 4.21. The van der Waals surface area contributed by atoms with E-state index in [2.05, 4.69) is 37.0 Å². The van der Waals surface area contributed by atoms with Crippen molar-refractivity contribution in [1.82, 2.24) is 15.1 Å². The first-order valence-electron chi connectivity index (χ1n) is 6.11. The van der Waals surface area contributed by atoms with E-state index in [0.717, 1.165) is 19.5 Å². The van der Waals surface area contributed by atoms with Gasteiger partial charge in [0.05, 0.1) is 6.20 Å². The van der Waals surface area contributed by atoms with Gasteiger partial charge in [0.25, 0.3) is 0 Å². The van der Waals surface area contributed by atoms with E-state index in [-0.39, 0.29) is 0 Å². The zero-order valence-corrected chi connectivity index (χ0v) is 10.4. The Hall–Kier alpha value is -1.09. The van der Waals surface area contributed by atoms with Crippen LogP contribution in [0.15, 0.2) is 25.0 Å². The Bertz CT molecular complexity index is 304. The van der Waals surface area contributed by atoms with Gasteiger partial charge < -0.3 is 5.32 Å². The third-order valence-electron chi connectivity index (χ3n) is 2.71. The summed E-state index contributed by atoms with van der Waals surface area (Å²) in [6, 6.07) is 0.560. The lowest BCUT2D eigenvalue weighted by molar-refractivity contribution is 0.500. The highest BCUT2D eigenvalue weighted by molar-refractivity contribution is 5.03. The van der Waals surface area contributed by atoms with Crippen LogP contribution in [-0.2, 0) is 13.1 Å². The van der Waals surface area contributed by atoms with Crippen molar-refractivity contribution < 1.29 is 0 Å². The Morgan fingerprint density at radius 1 is 1.62 bits per heavy atom. The first kappa shape index (κ1) is 13.0. The average molecular weight is 221 g/mol. The van der Waals surface area contributed by atoms with E-state index in [1.165, 1.54) is 18.4 Å². The van der Waals surface area contributed by atoms with Crippen LogP contribution in [0.3, 0.4) is 0 Å². The Balaban J connectivity index is 2.20. The van der Waals surface area contributed by atoms with Crippen molar-refractivity contribution in [1.29, 1.82) is 0 Å². The van der Waals surface area contributed by atoms with Crippen LogP contribution in [0, 0.1) is 0 Å². The van der Waals surface area contributed by atoms with Gasteiger partial charge >= 0.3 is 0 Å². The first-order valence-corrected chi connectivity index (χ1v) is 6.11. The molecule has 0 saturated heterocycles.